The molecule has 0 rings (SSSR count). The highest BCUT2D eigenvalue weighted by atomic mass is 16.5. The summed E-state index contributed by atoms with van der Waals surface area (Å²) in [7, 11) is 0. The van der Waals surface area contributed by atoms with Crippen LogP contribution in [0.3, 0.4) is 0 Å². The summed E-state index contributed by atoms with van der Waals surface area (Å²) in [6.07, 6.45) is 0.222. The van der Waals surface area contributed by atoms with Crippen LogP contribution in [0.1, 0.15) is 34.1 Å². The van der Waals surface area contributed by atoms with Gasteiger partial charge in [-0.25, -0.2) is 0 Å². The summed E-state index contributed by atoms with van der Waals surface area (Å²) in [4.78, 5) is 10.4. The van der Waals surface area contributed by atoms with Gasteiger partial charge in [0.1, 0.15) is 0 Å². The molecule has 0 spiro atoms. The van der Waals surface area contributed by atoms with E-state index in [-0.39, 0.29) is 11.4 Å². The van der Waals surface area contributed by atoms with Crippen LogP contribution in [0.4, 0.5) is 0 Å². The summed E-state index contributed by atoms with van der Waals surface area (Å²) in [5.74, 6) is -0.318. The standard InChI is InChI=1S/C8H17NO2/c1-6(10)11-7(9)5-8(2,3)4/h7H,5,9H2,1-4H3. The average molecular weight is 159 g/mol. The van der Waals surface area contributed by atoms with Crippen LogP contribution in [0.2, 0.25) is 0 Å². The van der Waals surface area contributed by atoms with Gasteiger partial charge < -0.3 is 4.74 Å². The van der Waals surface area contributed by atoms with Crippen molar-refractivity contribution in [3.05, 3.63) is 0 Å². The number of hydrogen-bond donors (Lipinski definition) is 1. The smallest absolute Gasteiger partial charge is 0.304 e. The van der Waals surface area contributed by atoms with Crippen LogP contribution in [0.15, 0.2) is 0 Å². The normalized spacial score (nSPS) is 14.3. The second-order valence-corrected chi connectivity index (χ2v) is 3.91. The third-order valence-corrected chi connectivity index (χ3v) is 1.13. The van der Waals surface area contributed by atoms with Gasteiger partial charge >= 0.3 is 5.97 Å². The number of carbonyl (C=O) groups excluding carboxylic acids is 1. The quantitative estimate of drug-likeness (QED) is 0.487. The van der Waals surface area contributed by atoms with Crippen LogP contribution in [0.5, 0.6) is 0 Å². The van der Waals surface area contributed by atoms with Gasteiger partial charge in [-0.15, -0.1) is 0 Å². The van der Waals surface area contributed by atoms with Crippen LogP contribution in [-0.2, 0) is 9.53 Å². The number of esters is 1. The molecule has 0 aliphatic heterocycles. The third kappa shape index (κ3) is 7.33. The molecular formula is C8H17NO2. The van der Waals surface area contributed by atoms with Crippen molar-refractivity contribution in [1.82, 2.24) is 0 Å². The first-order valence-electron chi connectivity index (χ1n) is 3.74. The molecule has 66 valence electrons. The van der Waals surface area contributed by atoms with Gasteiger partial charge in [-0.3, -0.25) is 10.5 Å². The maximum absolute atomic E-state index is 10.4. The fourth-order valence-corrected chi connectivity index (χ4v) is 0.858. The minimum Gasteiger partial charge on any atom is -0.447 e. The van der Waals surface area contributed by atoms with E-state index in [1.54, 1.807) is 0 Å². The van der Waals surface area contributed by atoms with Crippen molar-refractivity contribution < 1.29 is 9.53 Å². The van der Waals surface area contributed by atoms with Gasteiger partial charge in [-0.1, -0.05) is 20.8 Å². The van der Waals surface area contributed by atoms with E-state index in [4.69, 9.17) is 10.5 Å². The van der Waals surface area contributed by atoms with Gasteiger partial charge in [0.25, 0.3) is 0 Å². The maximum Gasteiger partial charge on any atom is 0.304 e. The van der Waals surface area contributed by atoms with Crippen molar-refractivity contribution in [1.29, 1.82) is 0 Å². The Hall–Kier alpha value is -0.570. The van der Waals surface area contributed by atoms with E-state index in [0.29, 0.717) is 6.42 Å². The predicted molar refractivity (Wildman–Crippen MR) is 43.8 cm³/mol. The minimum atomic E-state index is -0.465. The average Bonchev–Trinajstić information content (AvgIpc) is 1.53. The largest absolute Gasteiger partial charge is 0.447 e. The molecule has 0 radical (unpaired) electrons. The van der Waals surface area contributed by atoms with Crippen LogP contribution in [-0.4, -0.2) is 12.2 Å². The highest BCUT2D eigenvalue weighted by molar-refractivity contribution is 5.66. The summed E-state index contributed by atoms with van der Waals surface area (Å²) in [5.41, 5.74) is 5.62. The molecule has 0 amide bonds. The second-order valence-electron chi connectivity index (χ2n) is 3.91. The predicted octanol–water partition coefficient (Wildman–Crippen LogP) is 1.27. The van der Waals surface area contributed by atoms with E-state index in [1.165, 1.54) is 6.92 Å². The Kier molecular flexibility index (Phi) is 3.52. The second kappa shape index (κ2) is 3.72. The van der Waals surface area contributed by atoms with E-state index in [1.807, 2.05) is 0 Å². The molecule has 3 nitrogen and oxygen atoms in total. The Morgan fingerprint density at radius 2 is 2.00 bits per heavy atom. The van der Waals surface area contributed by atoms with Crippen molar-refractivity contribution in [3.63, 3.8) is 0 Å². The molecule has 1 unspecified atom stereocenters. The van der Waals surface area contributed by atoms with E-state index in [9.17, 15) is 4.79 Å². The van der Waals surface area contributed by atoms with Crippen molar-refractivity contribution >= 4 is 5.97 Å². The lowest BCUT2D eigenvalue weighted by Gasteiger charge is -2.22. The highest BCUT2D eigenvalue weighted by Gasteiger charge is 2.17. The lowest BCUT2D eigenvalue weighted by Crippen LogP contribution is -2.30. The summed E-state index contributed by atoms with van der Waals surface area (Å²) in [5, 5.41) is 0. The first kappa shape index (κ1) is 10.4. The Morgan fingerprint density at radius 3 is 2.27 bits per heavy atom. The molecule has 0 saturated carbocycles. The molecule has 0 aromatic rings. The monoisotopic (exact) mass is 159 g/mol. The van der Waals surface area contributed by atoms with E-state index in [0.717, 1.165) is 0 Å². The number of nitrogens with two attached hydrogens (primary N) is 1. The topological polar surface area (TPSA) is 52.3 Å². The fourth-order valence-electron chi connectivity index (χ4n) is 0.858. The van der Waals surface area contributed by atoms with Crippen molar-refractivity contribution in [2.24, 2.45) is 11.1 Å². The van der Waals surface area contributed by atoms with Crippen molar-refractivity contribution in [2.75, 3.05) is 0 Å². The molecule has 0 bridgehead atoms. The zero-order valence-corrected chi connectivity index (χ0v) is 7.68. The minimum absolute atomic E-state index is 0.106. The molecule has 1 atom stereocenters. The van der Waals surface area contributed by atoms with Crippen LogP contribution in [0.25, 0.3) is 0 Å². The van der Waals surface area contributed by atoms with E-state index in [2.05, 4.69) is 20.8 Å². The maximum atomic E-state index is 10.4. The Bertz CT molecular complexity index is 138. The molecule has 3 heteroatoms. The van der Waals surface area contributed by atoms with Gasteiger partial charge in [0.15, 0.2) is 6.23 Å². The highest BCUT2D eigenvalue weighted by Crippen LogP contribution is 2.20. The molecule has 0 aliphatic rings. The molecule has 0 saturated heterocycles. The zero-order chi connectivity index (χ0) is 9.07. The van der Waals surface area contributed by atoms with E-state index < -0.39 is 6.23 Å². The fraction of sp³-hybridized carbons (Fsp3) is 0.875. The first-order valence-corrected chi connectivity index (χ1v) is 3.74. The van der Waals surface area contributed by atoms with Crippen LogP contribution < -0.4 is 5.73 Å². The Balaban J connectivity index is 3.69. The lowest BCUT2D eigenvalue weighted by atomic mass is 9.91. The number of hydrogen-bond acceptors (Lipinski definition) is 3. The molecule has 0 aliphatic carbocycles. The Labute approximate surface area is 67.9 Å². The number of rotatable bonds is 2. The molecule has 0 fully saturated rings. The van der Waals surface area contributed by atoms with Crippen molar-refractivity contribution in [2.45, 2.75) is 40.3 Å². The summed E-state index contributed by atoms with van der Waals surface area (Å²) in [6, 6.07) is 0. The van der Waals surface area contributed by atoms with Gasteiger partial charge in [-0.05, 0) is 5.41 Å². The van der Waals surface area contributed by atoms with Gasteiger partial charge in [0, 0.05) is 13.3 Å². The molecule has 0 heterocycles. The molecule has 0 aromatic carbocycles. The summed E-state index contributed by atoms with van der Waals surface area (Å²) < 4.78 is 4.77. The Morgan fingerprint density at radius 1 is 1.55 bits per heavy atom. The molecule has 0 aromatic heterocycles. The summed E-state index contributed by atoms with van der Waals surface area (Å²) in [6.45, 7) is 7.52. The molecule has 2 N–H and O–H groups in total. The van der Waals surface area contributed by atoms with Gasteiger partial charge in [0.05, 0.1) is 0 Å². The summed E-state index contributed by atoms with van der Waals surface area (Å²) >= 11 is 0. The SMILES string of the molecule is CC(=O)OC(N)CC(C)(C)C. The number of carbonyl (C=O) groups is 1. The van der Waals surface area contributed by atoms with Gasteiger partial charge in [0.2, 0.25) is 0 Å². The van der Waals surface area contributed by atoms with Gasteiger partial charge in [-0.2, -0.15) is 0 Å². The molecular weight excluding hydrogens is 142 g/mol. The molecule has 11 heavy (non-hydrogen) atoms. The van der Waals surface area contributed by atoms with Crippen LogP contribution >= 0.6 is 0 Å². The zero-order valence-electron chi connectivity index (χ0n) is 7.68. The number of ether oxygens (including phenoxy) is 1. The lowest BCUT2D eigenvalue weighted by molar-refractivity contribution is -0.147. The first-order chi connectivity index (χ1) is 4.81. The van der Waals surface area contributed by atoms with Crippen molar-refractivity contribution in [3.8, 4) is 0 Å². The third-order valence-electron chi connectivity index (χ3n) is 1.13. The van der Waals surface area contributed by atoms with Crippen LogP contribution in [0, 0.1) is 5.41 Å². The van der Waals surface area contributed by atoms with E-state index >= 15 is 0 Å².